The molecule has 138 valence electrons. The van der Waals surface area contributed by atoms with Gasteiger partial charge in [-0.05, 0) is 41.0 Å². The molecule has 0 amide bonds. The molecule has 0 spiro atoms. The molecule has 2 aromatic carbocycles. The summed E-state index contributed by atoms with van der Waals surface area (Å²) in [4.78, 5) is 3.44. The minimum atomic E-state index is 0.207. The van der Waals surface area contributed by atoms with Gasteiger partial charge in [0.2, 0.25) is 0 Å². The first kappa shape index (κ1) is 18.6. The van der Waals surface area contributed by atoms with Crippen LogP contribution in [0, 0.1) is 5.41 Å². The molecule has 0 radical (unpaired) electrons. The smallest absolute Gasteiger partial charge is 0.0456 e. The zero-order valence-corrected chi connectivity index (χ0v) is 17.0. The summed E-state index contributed by atoms with van der Waals surface area (Å²) < 4.78 is 0. The molecule has 1 aromatic heterocycles. The van der Waals surface area contributed by atoms with Gasteiger partial charge in [0.15, 0.2) is 0 Å². The lowest BCUT2D eigenvalue weighted by atomic mass is 9.85. The van der Waals surface area contributed by atoms with E-state index < -0.39 is 0 Å². The van der Waals surface area contributed by atoms with Crippen molar-refractivity contribution >= 4 is 16.6 Å². The number of fused-ring (bicyclic) bond motifs is 2. The van der Waals surface area contributed by atoms with Crippen LogP contribution in [0.4, 0.5) is 5.69 Å². The minimum Gasteiger partial charge on any atom is -0.381 e. The maximum Gasteiger partial charge on any atom is 0.0456 e. The van der Waals surface area contributed by atoms with E-state index in [1.54, 1.807) is 0 Å². The number of nitrogens with one attached hydrogen (secondary N) is 2. The van der Waals surface area contributed by atoms with E-state index in [4.69, 9.17) is 0 Å². The van der Waals surface area contributed by atoms with Crippen LogP contribution in [0.3, 0.4) is 0 Å². The van der Waals surface area contributed by atoms with Gasteiger partial charge in [-0.3, -0.25) is 0 Å². The van der Waals surface area contributed by atoms with Gasteiger partial charge in [0.05, 0.1) is 0 Å². The van der Waals surface area contributed by atoms with Crippen molar-refractivity contribution in [2.45, 2.75) is 59.4 Å². The standard InChI is InChI=1S/C12H17N.C12H15N/c2*1-12(2,3)11-8-9-6-4-5-7-10(9)13-11/h4-7,11,13H,8H2,1-3H3;4-8,13H,1-3H3. The zero-order valence-electron chi connectivity index (χ0n) is 17.0. The molecule has 2 heterocycles. The summed E-state index contributed by atoms with van der Waals surface area (Å²) in [6, 6.07) is 19.8. The molecular weight excluding hydrogens is 316 g/mol. The maximum absolute atomic E-state index is 3.57. The normalized spacial score (nSPS) is 16.6. The Kier molecular flexibility index (Phi) is 4.88. The summed E-state index contributed by atoms with van der Waals surface area (Å²) in [6.45, 7) is 13.5. The molecule has 4 rings (SSSR count). The molecule has 0 saturated carbocycles. The Morgan fingerprint density at radius 1 is 0.846 bits per heavy atom. The summed E-state index contributed by atoms with van der Waals surface area (Å²) in [6.07, 6.45) is 1.17. The highest BCUT2D eigenvalue weighted by Crippen LogP contribution is 2.33. The van der Waals surface area contributed by atoms with Crippen LogP contribution in [-0.2, 0) is 11.8 Å². The second-order valence-corrected chi connectivity index (χ2v) is 9.44. The third-order valence-corrected chi connectivity index (χ3v) is 5.15. The van der Waals surface area contributed by atoms with E-state index in [0.29, 0.717) is 11.5 Å². The molecule has 26 heavy (non-hydrogen) atoms. The van der Waals surface area contributed by atoms with Crippen molar-refractivity contribution in [1.82, 2.24) is 4.98 Å². The van der Waals surface area contributed by atoms with Crippen LogP contribution in [-0.4, -0.2) is 11.0 Å². The van der Waals surface area contributed by atoms with Crippen LogP contribution >= 0.6 is 0 Å². The van der Waals surface area contributed by atoms with Crippen LogP contribution < -0.4 is 5.32 Å². The van der Waals surface area contributed by atoms with E-state index in [-0.39, 0.29) is 5.41 Å². The lowest BCUT2D eigenvalue weighted by Gasteiger charge is -2.27. The number of aromatic amines is 1. The second-order valence-electron chi connectivity index (χ2n) is 9.44. The highest BCUT2D eigenvalue weighted by Gasteiger charge is 2.29. The van der Waals surface area contributed by atoms with Gasteiger partial charge in [-0.25, -0.2) is 0 Å². The predicted octanol–water partition coefficient (Wildman–Crippen LogP) is 6.53. The van der Waals surface area contributed by atoms with Crippen LogP contribution in [0.5, 0.6) is 0 Å². The molecule has 0 bridgehead atoms. The van der Waals surface area contributed by atoms with Crippen molar-refractivity contribution in [2.75, 3.05) is 5.32 Å². The molecule has 1 aliphatic heterocycles. The van der Waals surface area contributed by atoms with E-state index in [0.717, 1.165) is 0 Å². The van der Waals surface area contributed by atoms with Crippen LogP contribution in [0.25, 0.3) is 10.9 Å². The Morgan fingerprint density at radius 2 is 1.50 bits per heavy atom. The average Bonchev–Trinajstić information content (AvgIpc) is 3.19. The van der Waals surface area contributed by atoms with E-state index in [2.05, 4.69) is 106 Å². The zero-order chi connectivity index (χ0) is 18.9. The Morgan fingerprint density at radius 3 is 2.12 bits per heavy atom. The van der Waals surface area contributed by atoms with Crippen molar-refractivity contribution in [3.63, 3.8) is 0 Å². The molecule has 2 nitrogen and oxygen atoms in total. The number of H-pyrrole nitrogens is 1. The predicted molar refractivity (Wildman–Crippen MR) is 114 cm³/mol. The summed E-state index contributed by atoms with van der Waals surface area (Å²) in [7, 11) is 0. The Hall–Kier alpha value is -2.22. The van der Waals surface area contributed by atoms with E-state index >= 15 is 0 Å². The van der Waals surface area contributed by atoms with Crippen LogP contribution in [0.2, 0.25) is 0 Å². The third kappa shape index (κ3) is 4.12. The largest absolute Gasteiger partial charge is 0.381 e. The third-order valence-electron chi connectivity index (χ3n) is 5.15. The van der Waals surface area contributed by atoms with Crippen molar-refractivity contribution in [3.8, 4) is 0 Å². The Labute approximate surface area is 158 Å². The van der Waals surface area contributed by atoms with Gasteiger partial charge in [-0.1, -0.05) is 77.9 Å². The molecule has 1 atom stereocenters. The molecular formula is C24H32N2. The molecule has 0 fully saturated rings. The Balaban J connectivity index is 0.000000151. The van der Waals surface area contributed by atoms with Crippen LogP contribution in [0.1, 0.15) is 52.8 Å². The fraction of sp³-hybridized carbons (Fsp3) is 0.417. The molecule has 0 aliphatic carbocycles. The maximum atomic E-state index is 3.57. The molecule has 0 saturated heterocycles. The molecule has 3 aromatic rings. The lowest BCUT2D eigenvalue weighted by molar-refractivity contribution is 0.347. The lowest BCUT2D eigenvalue weighted by Crippen LogP contribution is -2.31. The SMILES string of the molecule is CC(C)(C)C1Cc2ccccc2N1.CC(C)(C)c1cc2ccccc2[nH]1. The van der Waals surface area contributed by atoms with E-state index in [9.17, 15) is 0 Å². The summed E-state index contributed by atoms with van der Waals surface area (Å²) in [5, 5.41) is 4.87. The molecule has 1 aliphatic rings. The van der Waals surface area contributed by atoms with Crippen molar-refractivity contribution < 1.29 is 0 Å². The number of aromatic nitrogens is 1. The van der Waals surface area contributed by atoms with Gasteiger partial charge < -0.3 is 10.3 Å². The number of hydrogen-bond acceptors (Lipinski definition) is 1. The average molecular weight is 349 g/mol. The summed E-state index contributed by atoms with van der Waals surface area (Å²) in [5.74, 6) is 0. The van der Waals surface area contributed by atoms with Gasteiger partial charge in [0, 0.05) is 28.4 Å². The van der Waals surface area contributed by atoms with Gasteiger partial charge in [-0.2, -0.15) is 0 Å². The number of anilines is 1. The summed E-state index contributed by atoms with van der Waals surface area (Å²) >= 11 is 0. The van der Waals surface area contributed by atoms with Gasteiger partial charge >= 0.3 is 0 Å². The minimum absolute atomic E-state index is 0.207. The van der Waals surface area contributed by atoms with Crippen molar-refractivity contribution in [1.29, 1.82) is 0 Å². The second kappa shape index (κ2) is 6.83. The van der Waals surface area contributed by atoms with Gasteiger partial charge in [0.1, 0.15) is 0 Å². The first-order chi connectivity index (χ1) is 12.1. The fourth-order valence-corrected chi connectivity index (χ4v) is 3.30. The molecule has 1 unspecified atom stereocenters. The number of benzene rings is 2. The number of rotatable bonds is 0. The van der Waals surface area contributed by atoms with Gasteiger partial charge in [0.25, 0.3) is 0 Å². The van der Waals surface area contributed by atoms with Crippen molar-refractivity contribution in [3.05, 3.63) is 65.9 Å². The number of hydrogen-bond donors (Lipinski definition) is 2. The first-order valence-corrected chi connectivity index (χ1v) is 9.57. The molecule has 2 N–H and O–H groups in total. The van der Waals surface area contributed by atoms with Crippen molar-refractivity contribution in [2.24, 2.45) is 5.41 Å². The quantitative estimate of drug-likeness (QED) is 0.474. The molecule has 2 heteroatoms. The van der Waals surface area contributed by atoms with Crippen LogP contribution in [0.15, 0.2) is 54.6 Å². The van der Waals surface area contributed by atoms with E-state index in [1.165, 1.54) is 34.3 Å². The summed E-state index contributed by atoms with van der Waals surface area (Å²) in [5.41, 5.74) is 5.86. The first-order valence-electron chi connectivity index (χ1n) is 9.57. The fourth-order valence-electron chi connectivity index (χ4n) is 3.30. The van der Waals surface area contributed by atoms with Gasteiger partial charge in [-0.15, -0.1) is 0 Å². The topological polar surface area (TPSA) is 27.8 Å². The Bertz CT molecular complexity index is 817. The monoisotopic (exact) mass is 348 g/mol. The highest BCUT2D eigenvalue weighted by molar-refractivity contribution is 5.80. The number of para-hydroxylation sites is 2. The van der Waals surface area contributed by atoms with E-state index in [1.807, 2.05) is 0 Å². The highest BCUT2D eigenvalue weighted by atomic mass is 15.0.